The topological polar surface area (TPSA) is 26.0 Å². The predicted octanol–water partition coefficient (Wildman–Crippen LogP) is 4.18. The Morgan fingerprint density at radius 1 is 1.06 bits per heavy atom. The van der Waals surface area contributed by atoms with E-state index in [-0.39, 0.29) is 0 Å². The summed E-state index contributed by atoms with van der Waals surface area (Å²) >= 11 is 5.79. The first-order chi connectivity index (χ1) is 7.99. The van der Waals surface area contributed by atoms with Crippen molar-refractivity contribution in [1.29, 1.82) is 0 Å². The Bertz CT molecular complexity index is 582. The highest BCUT2D eigenvalue weighted by atomic mass is 35.5. The lowest BCUT2D eigenvalue weighted by atomic mass is 10.0. The van der Waals surface area contributed by atoms with Gasteiger partial charge in [-0.05, 0) is 36.2 Å². The number of nitrogens with two attached hydrogens (primary N) is 1. The van der Waals surface area contributed by atoms with Crippen LogP contribution in [0.15, 0.2) is 30.3 Å². The van der Waals surface area contributed by atoms with Crippen molar-refractivity contribution < 1.29 is 8.78 Å². The molecule has 0 bridgehead atoms. The predicted molar refractivity (Wildman–Crippen MR) is 66.0 cm³/mol. The number of rotatable bonds is 1. The van der Waals surface area contributed by atoms with E-state index in [1.54, 1.807) is 25.1 Å². The largest absolute Gasteiger partial charge is 0.398 e. The molecular formula is C13H10ClF2N. The third-order valence-corrected chi connectivity index (χ3v) is 2.90. The van der Waals surface area contributed by atoms with Crippen LogP contribution >= 0.6 is 11.6 Å². The average Bonchev–Trinajstić information content (AvgIpc) is 2.27. The summed E-state index contributed by atoms with van der Waals surface area (Å²) in [7, 11) is 0. The molecule has 17 heavy (non-hydrogen) atoms. The van der Waals surface area contributed by atoms with Crippen LogP contribution in [0.4, 0.5) is 14.5 Å². The quantitative estimate of drug-likeness (QED) is 0.758. The van der Waals surface area contributed by atoms with Crippen molar-refractivity contribution in [2.24, 2.45) is 0 Å². The van der Waals surface area contributed by atoms with Gasteiger partial charge in [-0.1, -0.05) is 17.7 Å². The van der Waals surface area contributed by atoms with Crippen molar-refractivity contribution in [3.05, 3.63) is 52.6 Å². The first-order valence-corrected chi connectivity index (χ1v) is 5.38. The average molecular weight is 254 g/mol. The molecule has 0 aliphatic heterocycles. The molecular weight excluding hydrogens is 244 g/mol. The molecule has 1 nitrogen and oxygen atoms in total. The molecule has 0 aliphatic rings. The lowest BCUT2D eigenvalue weighted by molar-refractivity contribution is 0.579. The molecule has 2 rings (SSSR count). The van der Waals surface area contributed by atoms with Gasteiger partial charge in [0.15, 0.2) is 0 Å². The fourth-order valence-corrected chi connectivity index (χ4v) is 1.71. The summed E-state index contributed by atoms with van der Waals surface area (Å²) in [6, 6.07) is 7.12. The number of halogens is 3. The third kappa shape index (κ3) is 2.24. The Morgan fingerprint density at radius 3 is 2.41 bits per heavy atom. The molecule has 0 aliphatic carbocycles. The lowest BCUT2D eigenvalue weighted by Gasteiger charge is -2.07. The SMILES string of the molecule is Cc1cc(-c2ccc(Cl)c(N)c2)c(F)cc1F. The maximum atomic E-state index is 13.6. The van der Waals surface area contributed by atoms with Gasteiger partial charge in [-0.2, -0.15) is 0 Å². The normalized spacial score (nSPS) is 10.6. The molecule has 0 fully saturated rings. The molecule has 0 atom stereocenters. The molecule has 0 saturated carbocycles. The first-order valence-electron chi connectivity index (χ1n) is 5.00. The lowest BCUT2D eigenvalue weighted by Crippen LogP contribution is -1.92. The van der Waals surface area contributed by atoms with Gasteiger partial charge >= 0.3 is 0 Å². The standard InChI is InChI=1S/C13H10ClF2N/c1-7-4-9(12(16)6-11(7)15)8-2-3-10(14)13(17)5-8/h2-6H,17H2,1H3. The van der Waals surface area contributed by atoms with Crippen LogP contribution in [0.2, 0.25) is 5.02 Å². The van der Waals surface area contributed by atoms with Gasteiger partial charge in [0.05, 0.1) is 10.7 Å². The molecule has 0 spiro atoms. The van der Waals surface area contributed by atoms with E-state index < -0.39 is 11.6 Å². The molecule has 0 heterocycles. The third-order valence-electron chi connectivity index (χ3n) is 2.56. The highest BCUT2D eigenvalue weighted by Gasteiger charge is 2.10. The van der Waals surface area contributed by atoms with E-state index in [0.717, 1.165) is 6.07 Å². The summed E-state index contributed by atoms with van der Waals surface area (Å²) in [5.41, 5.74) is 7.29. The Morgan fingerprint density at radius 2 is 1.76 bits per heavy atom. The van der Waals surface area contributed by atoms with Crippen molar-refractivity contribution in [1.82, 2.24) is 0 Å². The second-order valence-corrected chi connectivity index (χ2v) is 4.22. The summed E-state index contributed by atoms with van der Waals surface area (Å²) in [4.78, 5) is 0. The van der Waals surface area contributed by atoms with Crippen LogP contribution in [-0.2, 0) is 0 Å². The van der Waals surface area contributed by atoms with Gasteiger partial charge in [-0.15, -0.1) is 0 Å². The van der Waals surface area contributed by atoms with E-state index in [1.807, 2.05) is 0 Å². The number of hydrogen-bond donors (Lipinski definition) is 1. The second kappa shape index (κ2) is 4.34. The van der Waals surface area contributed by atoms with E-state index in [1.165, 1.54) is 6.07 Å². The molecule has 2 aromatic carbocycles. The van der Waals surface area contributed by atoms with E-state index >= 15 is 0 Å². The maximum absolute atomic E-state index is 13.6. The number of nitrogen functional groups attached to an aromatic ring is 1. The van der Waals surface area contributed by atoms with Crippen LogP contribution in [0.3, 0.4) is 0 Å². The zero-order chi connectivity index (χ0) is 12.6. The van der Waals surface area contributed by atoms with E-state index in [0.29, 0.717) is 27.4 Å². The van der Waals surface area contributed by atoms with Crippen LogP contribution in [0.5, 0.6) is 0 Å². The van der Waals surface area contributed by atoms with Crippen molar-refractivity contribution in [2.45, 2.75) is 6.92 Å². The zero-order valence-corrected chi connectivity index (χ0v) is 9.85. The van der Waals surface area contributed by atoms with E-state index in [4.69, 9.17) is 17.3 Å². The highest BCUT2D eigenvalue weighted by molar-refractivity contribution is 6.33. The van der Waals surface area contributed by atoms with Gasteiger partial charge in [0.1, 0.15) is 11.6 Å². The van der Waals surface area contributed by atoms with Crippen LogP contribution in [0.25, 0.3) is 11.1 Å². The second-order valence-electron chi connectivity index (χ2n) is 3.82. The zero-order valence-electron chi connectivity index (χ0n) is 9.10. The van der Waals surface area contributed by atoms with Gasteiger partial charge in [0.25, 0.3) is 0 Å². The van der Waals surface area contributed by atoms with Gasteiger partial charge in [0.2, 0.25) is 0 Å². The summed E-state index contributed by atoms with van der Waals surface area (Å²) < 4.78 is 26.8. The summed E-state index contributed by atoms with van der Waals surface area (Å²) in [6.07, 6.45) is 0. The Balaban J connectivity index is 2.60. The van der Waals surface area contributed by atoms with Gasteiger partial charge in [-0.25, -0.2) is 8.78 Å². The fraction of sp³-hybridized carbons (Fsp3) is 0.0769. The highest BCUT2D eigenvalue weighted by Crippen LogP contribution is 2.29. The molecule has 0 aromatic heterocycles. The summed E-state index contributed by atoms with van der Waals surface area (Å²) in [5, 5.41) is 0.410. The van der Waals surface area contributed by atoms with Gasteiger partial charge < -0.3 is 5.73 Å². The molecule has 4 heteroatoms. The van der Waals surface area contributed by atoms with Crippen LogP contribution in [0.1, 0.15) is 5.56 Å². The number of hydrogen-bond acceptors (Lipinski definition) is 1. The maximum Gasteiger partial charge on any atom is 0.133 e. The van der Waals surface area contributed by atoms with Crippen molar-refractivity contribution in [3.63, 3.8) is 0 Å². The summed E-state index contributed by atoms with van der Waals surface area (Å²) in [6.45, 7) is 1.58. The molecule has 2 aromatic rings. The molecule has 0 unspecified atom stereocenters. The monoisotopic (exact) mass is 253 g/mol. The minimum absolute atomic E-state index is 0.312. The Labute approximate surface area is 103 Å². The molecule has 0 saturated heterocycles. The molecule has 0 radical (unpaired) electrons. The number of benzene rings is 2. The van der Waals surface area contributed by atoms with Crippen molar-refractivity contribution in [2.75, 3.05) is 5.73 Å². The minimum atomic E-state index is -0.616. The first kappa shape index (κ1) is 11.9. The smallest absolute Gasteiger partial charge is 0.133 e. The van der Waals surface area contributed by atoms with E-state index in [9.17, 15) is 8.78 Å². The van der Waals surface area contributed by atoms with Crippen LogP contribution in [-0.4, -0.2) is 0 Å². The van der Waals surface area contributed by atoms with Crippen molar-refractivity contribution in [3.8, 4) is 11.1 Å². The number of aryl methyl sites for hydroxylation is 1. The minimum Gasteiger partial charge on any atom is -0.398 e. The van der Waals surface area contributed by atoms with Gasteiger partial charge in [-0.3, -0.25) is 0 Å². The molecule has 0 amide bonds. The van der Waals surface area contributed by atoms with E-state index in [2.05, 4.69) is 0 Å². The van der Waals surface area contributed by atoms with Crippen molar-refractivity contribution >= 4 is 17.3 Å². The Kier molecular flexibility index (Phi) is 3.03. The molecule has 88 valence electrons. The van der Waals surface area contributed by atoms with Gasteiger partial charge in [0, 0.05) is 11.6 Å². The van der Waals surface area contributed by atoms with Crippen LogP contribution < -0.4 is 5.73 Å². The number of anilines is 1. The molecule has 2 N–H and O–H groups in total. The fourth-order valence-electron chi connectivity index (χ4n) is 1.59. The van der Waals surface area contributed by atoms with Crippen LogP contribution in [0, 0.1) is 18.6 Å². The summed E-state index contributed by atoms with van der Waals surface area (Å²) in [5.74, 6) is -1.18. The Hall–Kier alpha value is -1.61.